The Morgan fingerprint density at radius 1 is 1.40 bits per heavy atom. The lowest BCUT2D eigenvalue weighted by Crippen LogP contribution is -2.01. The van der Waals surface area contributed by atoms with Crippen LogP contribution in [0.25, 0.3) is 11.0 Å². The zero-order valence-electron chi connectivity index (χ0n) is 8.31. The summed E-state index contributed by atoms with van der Waals surface area (Å²) < 4.78 is 14.7. The fraction of sp³-hybridized carbons (Fsp3) is 0.200. The van der Waals surface area contributed by atoms with E-state index >= 15 is 0 Å². The smallest absolute Gasteiger partial charge is 0.360 e. The van der Waals surface area contributed by atoms with Gasteiger partial charge in [-0.3, -0.25) is 0 Å². The Hall–Kier alpha value is -2.04. The maximum Gasteiger partial charge on any atom is 0.360 e. The van der Waals surface area contributed by atoms with Crippen molar-refractivity contribution >= 4 is 16.9 Å². The number of carbonyl (C=O) groups excluding carboxylic acids is 1. The molecule has 0 unspecified atom stereocenters. The van der Waals surface area contributed by atoms with Gasteiger partial charge in [-0.2, -0.15) is 0 Å². The molecule has 0 aliphatic heterocycles. The van der Waals surface area contributed by atoms with Crippen LogP contribution in [0.4, 0.5) is 0 Å². The maximum atomic E-state index is 11.3. The van der Waals surface area contributed by atoms with E-state index in [1.54, 1.807) is 18.2 Å². The molecule has 0 amide bonds. The Morgan fingerprint density at radius 2 is 2.20 bits per heavy atom. The second-order valence-corrected chi connectivity index (χ2v) is 2.86. The van der Waals surface area contributed by atoms with E-state index < -0.39 is 5.97 Å². The predicted octanol–water partition coefficient (Wildman–Crippen LogP) is 1.62. The van der Waals surface area contributed by atoms with Crippen LogP contribution in [0.1, 0.15) is 10.5 Å². The van der Waals surface area contributed by atoms with E-state index in [0.29, 0.717) is 16.7 Å². The largest absolute Gasteiger partial charge is 0.493 e. The fourth-order valence-corrected chi connectivity index (χ4v) is 1.34. The van der Waals surface area contributed by atoms with Crippen LogP contribution >= 0.6 is 0 Å². The summed E-state index contributed by atoms with van der Waals surface area (Å²) in [5.41, 5.74) is 0.604. The molecule has 5 heteroatoms. The van der Waals surface area contributed by atoms with Gasteiger partial charge >= 0.3 is 5.97 Å². The van der Waals surface area contributed by atoms with E-state index in [1.807, 2.05) is 0 Å². The zero-order chi connectivity index (χ0) is 10.8. The number of ether oxygens (including phenoxy) is 2. The van der Waals surface area contributed by atoms with Gasteiger partial charge in [-0.1, -0.05) is 11.2 Å². The highest BCUT2D eigenvalue weighted by atomic mass is 16.5. The summed E-state index contributed by atoms with van der Waals surface area (Å²) in [6.07, 6.45) is 0. The molecule has 2 rings (SSSR count). The quantitative estimate of drug-likeness (QED) is 0.700. The first kappa shape index (κ1) is 9.51. The van der Waals surface area contributed by atoms with E-state index in [4.69, 9.17) is 9.26 Å². The molecule has 0 aliphatic rings. The van der Waals surface area contributed by atoms with Gasteiger partial charge in [-0.05, 0) is 12.1 Å². The summed E-state index contributed by atoms with van der Waals surface area (Å²) in [7, 11) is 2.82. The fourth-order valence-electron chi connectivity index (χ4n) is 1.34. The molecular weight excluding hydrogens is 198 g/mol. The first-order chi connectivity index (χ1) is 7.27. The summed E-state index contributed by atoms with van der Waals surface area (Å²) in [5.74, 6) is 0.0113. The Bertz CT molecular complexity index is 503. The van der Waals surface area contributed by atoms with Crippen molar-refractivity contribution in [3.63, 3.8) is 0 Å². The molecule has 0 fully saturated rings. The third-order valence-corrected chi connectivity index (χ3v) is 2.06. The predicted molar refractivity (Wildman–Crippen MR) is 51.9 cm³/mol. The molecule has 0 saturated carbocycles. The minimum atomic E-state index is -0.526. The molecular formula is C10H9NO4. The Labute approximate surface area is 85.6 Å². The first-order valence-corrected chi connectivity index (χ1v) is 4.28. The second kappa shape index (κ2) is 3.61. The van der Waals surface area contributed by atoms with Crippen molar-refractivity contribution in [3.05, 3.63) is 23.9 Å². The van der Waals surface area contributed by atoms with Crippen LogP contribution in [-0.4, -0.2) is 25.3 Å². The Balaban J connectivity index is 2.66. The third-order valence-electron chi connectivity index (χ3n) is 2.06. The van der Waals surface area contributed by atoms with E-state index in [9.17, 15) is 4.79 Å². The monoisotopic (exact) mass is 207 g/mol. The van der Waals surface area contributed by atoms with E-state index in [2.05, 4.69) is 9.89 Å². The van der Waals surface area contributed by atoms with Crippen LogP contribution in [0.2, 0.25) is 0 Å². The normalized spacial score (nSPS) is 10.3. The number of carbonyl (C=O) groups is 1. The number of benzene rings is 1. The number of hydrogen-bond donors (Lipinski definition) is 0. The van der Waals surface area contributed by atoms with Crippen molar-refractivity contribution < 1.29 is 18.8 Å². The third kappa shape index (κ3) is 1.41. The molecule has 1 aromatic heterocycles. The summed E-state index contributed by atoms with van der Waals surface area (Å²) in [4.78, 5) is 11.3. The lowest BCUT2D eigenvalue weighted by Gasteiger charge is -1.98. The van der Waals surface area contributed by atoms with Crippen LogP contribution in [-0.2, 0) is 4.74 Å². The van der Waals surface area contributed by atoms with Gasteiger partial charge in [0, 0.05) is 0 Å². The van der Waals surface area contributed by atoms with Gasteiger partial charge in [0.25, 0.3) is 0 Å². The van der Waals surface area contributed by atoms with Gasteiger partial charge in [-0.25, -0.2) is 4.79 Å². The van der Waals surface area contributed by atoms with Crippen molar-refractivity contribution in [2.45, 2.75) is 0 Å². The summed E-state index contributed by atoms with van der Waals surface area (Å²) in [5, 5.41) is 4.23. The van der Waals surface area contributed by atoms with Crippen molar-refractivity contribution in [1.82, 2.24) is 5.16 Å². The molecule has 0 saturated heterocycles. The highest BCUT2D eigenvalue weighted by Gasteiger charge is 2.18. The molecule has 15 heavy (non-hydrogen) atoms. The molecule has 1 heterocycles. The lowest BCUT2D eigenvalue weighted by atomic mass is 10.2. The molecule has 0 radical (unpaired) electrons. The van der Waals surface area contributed by atoms with Gasteiger partial charge < -0.3 is 14.0 Å². The molecule has 0 atom stereocenters. The number of methoxy groups -OCH3 is 2. The summed E-state index contributed by atoms with van der Waals surface area (Å²) in [6.45, 7) is 0. The van der Waals surface area contributed by atoms with Gasteiger partial charge in [0.1, 0.15) is 0 Å². The second-order valence-electron chi connectivity index (χ2n) is 2.86. The molecule has 0 aliphatic carbocycles. The minimum Gasteiger partial charge on any atom is -0.493 e. The SMILES string of the molecule is COC(=O)c1noc2c(OC)cccc12. The minimum absolute atomic E-state index is 0.159. The number of aromatic nitrogens is 1. The Morgan fingerprint density at radius 3 is 2.87 bits per heavy atom. The van der Waals surface area contributed by atoms with Crippen molar-refractivity contribution in [3.8, 4) is 5.75 Å². The summed E-state index contributed by atoms with van der Waals surface area (Å²) >= 11 is 0. The molecule has 1 aromatic carbocycles. The van der Waals surface area contributed by atoms with E-state index in [1.165, 1.54) is 14.2 Å². The number of esters is 1. The maximum absolute atomic E-state index is 11.3. The summed E-state index contributed by atoms with van der Waals surface area (Å²) in [6, 6.07) is 5.21. The molecule has 5 nitrogen and oxygen atoms in total. The van der Waals surface area contributed by atoms with E-state index in [0.717, 1.165) is 0 Å². The number of fused-ring (bicyclic) bond motifs is 1. The molecule has 0 bridgehead atoms. The average molecular weight is 207 g/mol. The topological polar surface area (TPSA) is 61.6 Å². The van der Waals surface area contributed by atoms with Gasteiger partial charge in [0.2, 0.25) is 5.58 Å². The van der Waals surface area contributed by atoms with Gasteiger partial charge in [0.05, 0.1) is 19.6 Å². The van der Waals surface area contributed by atoms with Crippen LogP contribution < -0.4 is 4.74 Å². The Kier molecular flexibility index (Phi) is 2.29. The van der Waals surface area contributed by atoms with Gasteiger partial charge in [0.15, 0.2) is 11.4 Å². The number of para-hydroxylation sites is 1. The highest BCUT2D eigenvalue weighted by Crippen LogP contribution is 2.27. The van der Waals surface area contributed by atoms with Crippen molar-refractivity contribution in [1.29, 1.82) is 0 Å². The first-order valence-electron chi connectivity index (χ1n) is 4.28. The molecule has 0 N–H and O–H groups in total. The lowest BCUT2D eigenvalue weighted by molar-refractivity contribution is 0.0591. The number of nitrogens with zero attached hydrogens (tertiary/aromatic N) is 1. The van der Waals surface area contributed by atoms with Gasteiger partial charge in [-0.15, -0.1) is 0 Å². The number of hydrogen-bond acceptors (Lipinski definition) is 5. The van der Waals surface area contributed by atoms with Crippen LogP contribution in [0.5, 0.6) is 5.75 Å². The molecule has 0 spiro atoms. The van der Waals surface area contributed by atoms with Crippen LogP contribution in [0.15, 0.2) is 22.7 Å². The van der Waals surface area contributed by atoms with Crippen molar-refractivity contribution in [2.24, 2.45) is 0 Å². The molecule has 2 aromatic rings. The zero-order valence-corrected chi connectivity index (χ0v) is 8.31. The molecule has 78 valence electrons. The van der Waals surface area contributed by atoms with Crippen LogP contribution in [0, 0.1) is 0 Å². The van der Waals surface area contributed by atoms with Crippen molar-refractivity contribution in [2.75, 3.05) is 14.2 Å². The highest BCUT2D eigenvalue weighted by molar-refractivity contribution is 6.02. The average Bonchev–Trinajstić information content (AvgIpc) is 2.71. The van der Waals surface area contributed by atoms with E-state index in [-0.39, 0.29) is 5.69 Å². The standard InChI is InChI=1S/C10H9NO4/c1-13-7-5-3-4-6-8(10(12)14-2)11-15-9(6)7/h3-5H,1-2H3. The van der Waals surface area contributed by atoms with Crippen LogP contribution in [0.3, 0.4) is 0 Å². The number of rotatable bonds is 2.